The molecule has 1 heterocycles. The molecular formula is C7H7N2NaOS. The summed E-state index contributed by atoms with van der Waals surface area (Å²) < 4.78 is 0. The molecule has 0 spiro atoms. The van der Waals surface area contributed by atoms with Crippen molar-refractivity contribution in [2.24, 2.45) is 0 Å². The molecule has 0 atom stereocenters. The first kappa shape index (κ1) is 12.0. The Morgan fingerprint density at radius 1 is 1.25 bits per heavy atom. The van der Waals surface area contributed by atoms with Gasteiger partial charge in [0.15, 0.2) is 5.16 Å². The van der Waals surface area contributed by atoms with E-state index < -0.39 is 0 Å². The number of nitrogens with one attached hydrogen (secondary N) is 1. The van der Waals surface area contributed by atoms with Crippen molar-refractivity contribution in [3.8, 4) is 0 Å². The van der Waals surface area contributed by atoms with Gasteiger partial charge in [0.05, 0.1) is 11.0 Å². The molecule has 2 aromatic rings. The first-order valence-corrected chi connectivity index (χ1v) is 3.45. The zero-order valence-electron chi connectivity index (χ0n) is 6.65. The number of thiol groups is 1. The topological polar surface area (TPSA) is 58.7 Å². The number of hydrogen-bond acceptors (Lipinski definition) is 3. The van der Waals surface area contributed by atoms with Crippen molar-refractivity contribution in [1.29, 1.82) is 0 Å². The van der Waals surface area contributed by atoms with Gasteiger partial charge in [0, 0.05) is 0 Å². The number of hydrogen-bond donors (Lipinski definition) is 2. The minimum Gasteiger partial charge on any atom is -0.870 e. The molecule has 0 fully saturated rings. The standard InChI is InChI=1S/C7H6N2S.Na.H2O/c10-7-8-5-3-1-2-4-6(5)9-7;;/h1-4H,(H2,8,9,10);;1H2/q;+1;/p-1. The molecule has 0 bridgehead atoms. The van der Waals surface area contributed by atoms with Crippen LogP contribution in [0.3, 0.4) is 0 Å². The van der Waals surface area contributed by atoms with Crippen LogP contribution >= 0.6 is 12.6 Å². The monoisotopic (exact) mass is 190 g/mol. The Morgan fingerprint density at radius 3 is 2.58 bits per heavy atom. The van der Waals surface area contributed by atoms with E-state index in [2.05, 4.69) is 22.6 Å². The largest absolute Gasteiger partial charge is 1.00 e. The van der Waals surface area contributed by atoms with E-state index in [9.17, 15) is 0 Å². The number of benzene rings is 1. The number of H-pyrrole nitrogens is 1. The minimum absolute atomic E-state index is 0. The number of para-hydroxylation sites is 2. The number of rotatable bonds is 0. The molecule has 0 saturated carbocycles. The Bertz CT molecular complexity index is 330. The normalized spacial score (nSPS) is 8.75. The van der Waals surface area contributed by atoms with Gasteiger partial charge < -0.3 is 10.5 Å². The molecule has 2 N–H and O–H groups in total. The second-order valence-corrected chi connectivity index (χ2v) is 2.50. The molecule has 0 aliphatic carbocycles. The zero-order valence-corrected chi connectivity index (χ0v) is 9.55. The average molecular weight is 190 g/mol. The second-order valence-electron chi connectivity index (χ2n) is 2.08. The Balaban J connectivity index is 0.000000605. The van der Waals surface area contributed by atoms with Crippen LogP contribution in [0, 0.1) is 0 Å². The summed E-state index contributed by atoms with van der Waals surface area (Å²) in [5, 5.41) is 0.668. The molecule has 1 aromatic heterocycles. The maximum absolute atomic E-state index is 4.12. The molecule has 0 aliphatic heterocycles. The number of fused-ring (bicyclic) bond motifs is 1. The summed E-state index contributed by atoms with van der Waals surface area (Å²) in [7, 11) is 0. The van der Waals surface area contributed by atoms with Crippen LogP contribution < -0.4 is 29.6 Å². The molecule has 0 radical (unpaired) electrons. The third kappa shape index (κ3) is 2.24. The molecule has 5 heteroatoms. The van der Waals surface area contributed by atoms with Crippen LogP contribution in [-0.4, -0.2) is 15.4 Å². The van der Waals surface area contributed by atoms with Gasteiger partial charge >= 0.3 is 29.6 Å². The zero-order chi connectivity index (χ0) is 6.97. The summed E-state index contributed by atoms with van der Waals surface area (Å²) in [6, 6.07) is 7.84. The van der Waals surface area contributed by atoms with Crippen LogP contribution in [0.4, 0.5) is 0 Å². The van der Waals surface area contributed by atoms with E-state index in [0.29, 0.717) is 5.16 Å². The predicted molar refractivity (Wildman–Crippen MR) is 45.3 cm³/mol. The summed E-state index contributed by atoms with van der Waals surface area (Å²) in [5.41, 5.74) is 2.00. The third-order valence-electron chi connectivity index (χ3n) is 1.38. The maximum Gasteiger partial charge on any atom is 1.00 e. The summed E-state index contributed by atoms with van der Waals surface area (Å²) in [5.74, 6) is 0. The summed E-state index contributed by atoms with van der Waals surface area (Å²) >= 11 is 4.08. The number of nitrogens with zero attached hydrogens (tertiary/aromatic N) is 1. The van der Waals surface area contributed by atoms with Crippen LogP contribution in [0.1, 0.15) is 0 Å². The number of aromatic nitrogens is 2. The quantitative estimate of drug-likeness (QED) is 0.400. The van der Waals surface area contributed by atoms with Crippen LogP contribution in [0.15, 0.2) is 29.4 Å². The molecule has 0 unspecified atom stereocenters. The van der Waals surface area contributed by atoms with Gasteiger partial charge in [-0.15, -0.1) is 12.6 Å². The van der Waals surface area contributed by atoms with Crippen LogP contribution in [0.5, 0.6) is 0 Å². The maximum atomic E-state index is 4.12. The Kier molecular flexibility index (Phi) is 4.89. The Morgan fingerprint density at radius 2 is 1.92 bits per heavy atom. The number of imidazole rings is 1. The summed E-state index contributed by atoms with van der Waals surface area (Å²) in [4.78, 5) is 7.13. The van der Waals surface area contributed by atoms with Crippen molar-refractivity contribution < 1.29 is 35.0 Å². The van der Waals surface area contributed by atoms with Crippen molar-refractivity contribution in [2.75, 3.05) is 0 Å². The first-order chi connectivity index (χ1) is 4.86. The first-order valence-electron chi connectivity index (χ1n) is 3.00. The molecule has 1 aromatic carbocycles. The van der Waals surface area contributed by atoms with Crippen molar-refractivity contribution >= 4 is 23.7 Å². The average Bonchev–Trinajstić information content (AvgIpc) is 2.27. The second kappa shape index (κ2) is 4.89. The van der Waals surface area contributed by atoms with Gasteiger partial charge in [-0.1, -0.05) is 12.1 Å². The van der Waals surface area contributed by atoms with Crippen LogP contribution in [0.2, 0.25) is 0 Å². The summed E-state index contributed by atoms with van der Waals surface area (Å²) in [6.45, 7) is 0. The van der Waals surface area contributed by atoms with Crippen molar-refractivity contribution in [3.05, 3.63) is 24.3 Å². The molecule has 3 nitrogen and oxygen atoms in total. The van der Waals surface area contributed by atoms with Crippen molar-refractivity contribution in [3.63, 3.8) is 0 Å². The molecule has 12 heavy (non-hydrogen) atoms. The molecule has 0 saturated heterocycles. The van der Waals surface area contributed by atoms with Crippen molar-refractivity contribution in [2.45, 2.75) is 5.16 Å². The van der Waals surface area contributed by atoms with E-state index in [4.69, 9.17) is 0 Å². The van der Waals surface area contributed by atoms with Crippen molar-refractivity contribution in [1.82, 2.24) is 9.97 Å². The smallest absolute Gasteiger partial charge is 0.870 e. The fourth-order valence-electron chi connectivity index (χ4n) is 0.939. The van der Waals surface area contributed by atoms with Gasteiger partial charge in [-0.3, -0.25) is 0 Å². The molecule has 0 amide bonds. The predicted octanol–water partition coefficient (Wildman–Crippen LogP) is -1.32. The minimum atomic E-state index is 0. The van der Waals surface area contributed by atoms with E-state index in [0.717, 1.165) is 11.0 Å². The van der Waals surface area contributed by atoms with E-state index in [-0.39, 0.29) is 35.0 Å². The third-order valence-corrected chi connectivity index (χ3v) is 1.59. The van der Waals surface area contributed by atoms with Gasteiger partial charge in [0.25, 0.3) is 0 Å². The number of aromatic amines is 1. The SMILES string of the molecule is Sc1nc2ccccc2[nH]1.[Na+].[OH-]. The van der Waals surface area contributed by atoms with Gasteiger partial charge in [-0.2, -0.15) is 0 Å². The molecular weight excluding hydrogens is 183 g/mol. The molecule has 58 valence electrons. The van der Waals surface area contributed by atoms with E-state index in [1.807, 2.05) is 24.3 Å². The molecule has 2 rings (SSSR count). The molecule has 0 aliphatic rings. The fourth-order valence-corrected chi connectivity index (χ4v) is 1.17. The van der Waals surface area contributed by atoms with E-state index in [1.165, 1.54) is 0 Å². The van der Waals surface area contributed by atoms with E-state index in [1.54, 1.807) is 0 Å². The summed E-state index contributed by atoms with van der Waals surface area (Å²) in [6.07, 6.45) is 0. The van der Waals surface area contributed by atoms with Gasteiger partial charge in [0.2, 0.25) is 0 Å². The van der Waals surface area contributed by atoms with Crippen LogP contribution in [-0.2, 0) is 0 Å². The fraction of sp³-hybridized carbons (Fsp3) is 0. The van der Waals surface area contributed by atoms with Gasteiger partial charge in [0.1, 0.15) is 0 Å². The van der Waals surface area contributed by atoms with Crippen LogP contribution in [0.25, 0.3) is 11.0 Å². The van der Waals surface area contributed by atoms with E-state index >= 15 is 0 Å². The van der Waals surface area contributed by atoms with Gasteiger partial charge in [-0.25, -0.2) is 4.98 Å². The Hall–Kier alpha value is 0.0000000000000000347. The van der Waals surface area contributed by atoms with Gasteiger partial charge in [-0.05, 0) is 12.1 Å². The Labute approximate surface area is 97.6 Å².